The van der Waals surface area contributed by atoms with Crippen LogP contribution < -0.4 is 9.64 Å². The molecule has 32 heavy (non-hydrogen) atoms. The van der Waals surface area contributed by atoms with Crippen molar-refractivity contribution >= 4 is 17.6 Å². The van der Waals surface area contributed by atoms with Crippen molar-refractivity contribution in [3.8, 4) is 5.75 Å². The number of carbonyl (C=O) groups is 2. The van der Waals surface area contributed by atoms with E-state index in [1.807, 2.05) is 19.0 Å². The normalized spacial score (nSPS) is 15.5. The zero-order valence-electron chi connectivity index (χ0n) is 19.1. The summed E-state index contributed by atoms with van der Waals surface area (Å²) in [6.45, 7) is 6.25. The maximum Gasteiger partial charge on any atom is 0.471 e. The molecule has 0 N–H and O–H groups in total. The lowest BCUT2D eigenvalue weighted by Crippen LogP contribution is -2.50. The number of anilines is 1. The van der Waals surface area contributed by atoms with E-state index in [0.717, 1.165) is 0 Å². The van der Waals surface area contributed by atoms with Crippen molar-refractivity contribution in [3.05, 3.63) is 23.8 Å². The van der Waals surface area contributed by atoms with Gasteiger partial charge in [-0.05, 0) is 59.8 Å². The highest BCUT2D eigenvalue weighted by molar-refractivity contribution is 6.05. The molecule has 1 amide bonds. The molecule has 0 bridgehead atoms. The summed E-state index contributed by atoms with van der Waals surface area (Å²) in [7, 11) is 3.71. The number of hydrogen-bond acceptors (Lipinski definition) is 6. The van der Waals surface area contributed by atoms with Gasteiger partial charge in [0.05, 0.1) is 11.3 Å². The number of benzene rings is 1. The van der Waals surface area contributed by atoms with Crippen LogP contribution in [-0.4, -0.2) is 75.1 Å². The van der Waals surface area contributed by atoms with E-state index in [4.69, 9.17) is 14.2 Å². The van der Waals surface area contributed by atoms with E-state index in [1.165, 1.54) is 18.2 Å². The Labute approximate surface area is 186 Å². The zero-order chi connectivity index (χ0) is 24.1. The summed E-state index contributed by atoms with van der Waals surface area (Å²) in [6, 6.07) is 3.34. The van der Waals surface area contributed by atoms with Crippen LogP contribution in [0.5, 0.6) is 5.75 Å². The van der Waals surface area contributed by atoms with Crippen LogP contribution in [-0.2, 0) is 14.3 Å². The van der Waals surface area contributed by atoms with Gasteiger partial charge >= 0.3 is 18.1 Å². The van der Waals surface area contributed by atoms with Gasteiger partial charge in [0, 0.05) is 31.9 Å². The highest BCUT2D eigenvalue weighted by Crippen LogP contribution is 2.35. The minimum Gasteiger partial charge on any atom is -0.492 e. The van der Waals surface area contributed by atoms with Crippen molar-refractivity contribution in [2.24, 2.45) is 0 Å². The average molecular weight is 460 g/mol. The summed E-state index contributed by atoms with van der Waals surface area (Å²) in [6.07, 6.45) is -4.70. The molecular weight excluding hydrogens is 429 g/mol. The molecule has 1 fully saturated rings. The van der Waals surface area contributed by atoms with E-state index < -0.39 is 29.7 Å². The first-order valence-corrected chi connectivity index (χ1v) is 10.4. The number of amides is 1. The second-order valence-corrected chi connectivity index (χ2v) is 8.85. The molecule has 0 aromatic heterocycles. The minimum atomic E-state index is -5.12. The Kier molecular flexibility index (Phi) is 8.53. The maximum absolute atomic E-state index is 13.6. The zero-order valence-corrected chi connectivity index (χ0v) is 19.1. The second-order valence-electron chi connectivity index (χ2n) is 8.85. The molecule has 0 unspecified atom stereocenters. The van der Waals surface area contributed by atoms with E-state index in [9.17, 15) is 22.8 Å². The molecule has 10 heteroatoms. The van der Waals surface area contributed by atoms with Crippen LogP contribution in [0.3, 0.4) is 0 Å². The first kappa shape index (κ1) is 25.9. The van der Waals surface area contributed by atoms with E-state index in [0.29, 0.717) is 11.4 Å². The van der Waals surface area contributed by atoms with Crippen molar-refractivity contribution in [1.82, 2.24) is 4.90 Å². The van der Waals surface area contributed by atoms with Crippen LogP contribution in [0.15, 0.2) is 18.2 Å². The Balaban J connectivity index is 2.54. The van der Waals surface area contributed by atoms with Gasteiger partial charge < -0.3 is 24.0 Å². The topological polar surface area (TPSA) is 68.3 Å². The van der Waals surface area contributed by atoms with Gasteiger partial charge in [-0.15, -0.1) is 0 Å². The molecule has 2 rings (SSSR count). The number of nitrogens with zero attached hydrogens (tertiary/aromatic N) is 2. The standard InChI is InChI=1S/C22H31F3N2O5/c1-21(2,3)32-19(28)17-7-6-16(31-13-10-26(4)5)14-18(17)27(20(29)22(23,24)25)15-8-11-30-12-9-15/h6-7,14-15H,8-13H2,1-5H3. The molecule has 1 aliphatic rings. The maximum atomic E-state index is 13.6. The second kappa shape index (κ2) is 10.5. The molecule has 0 saturated carbocycles. The predicted molar refractivity (Wildman–Crippen MR) is 113 cm³/mol. The van der Waals surface area contributed by atoms with Crippen LogP contribution in [0.25, 0.3) is 0 Å². The molecule has 1 aliphatic heterocycles. The molecule has 1 aromatic rings. The lowest BCUT2D eigenvalue weighted by Gasteiger charge is -2.36. The number of hydrogen-bond donors (Lipinski definition) is 0. The lowest BCUT2D eigenvalue weighted by atomic mass is 10.0. The summed E-state index contributed by atoms with van der Waals surface area (Å²) in [5.74, 6) is -2.61. The molecule has 0 radical (unpaired) electrons. The average Bonchev–Trinajstić information content (AvgIpc) is 2.67. The van der Waals surface area contributed by atoms with Crippen LogP contribution in [0.4, 0.5) is 18.9 Å². The first-order valence-electron chi connectivity index (χ1n) is 10.4. The predicted octanol–water partition coefficient (Wildman–Crippen LogP) is 3.66. The van der Waals surface area contributed by atoms with Crippen molar-refractivity contribution in [1.29, 1.82) is 0 Å². The van der Waals surface area contributed by atoms with Crippen molar-refractivity contribution < 1.29 is 37.0 Å². The van der Waals surface area contributed by atoms with Crippen LogP contribution >= 0.6 is 0 Å². The van der Waals surface area contributed by atoms with Gasteiger partial charge in [0.15, 0.2) is 0 Å². The highest BCUT2D eigenvalue weighted by atomic mass is 19.4. The van der Waals surface area contributed by atoms with Crippen molar-refractivity contribution in [3.63, 3.8) is 0 Å². The third-order valence-electron chi connectivity index (χ3n) is 4.67. The Bertz CT molecular complexity index is 800. The molecule has 180 valence electrons. The number of rotatable bonds is 7. The van der Waals surface area contributed by atoms with Gasteiger partial charge in [0.2, 0.25) is 0 Å². The Morgan fingerprint density at radius 1 is 1.12 bits per heavy atom. The van der Waals surface area contributed by atoms with E-state index in [-0.39, 0.29) is 49.7 Å². The number of esters is 1. The summed E-state index contributed by atoms with van der Waals surface area (Å²) < 4.78 is 57.0. The van der Waals surface area contributed by atoms with E-state index >= 15 is 0 Å². The van der Waals surface area contributed by atoms with Crippen LogP contribution in [0.2, 0.25) is 0 Å². The largest absolute Gasteiger partial charge is 0.492 e. The van der Waals surface area contributed by atoms with Gasteiger partial charge in [-0.25, -0.2) is 4.79 Å². The summed E-state index contributed by atoms with van der Waals surface area (Å²) >= 11 is 0. The van der Waals surface area contributed by atoms with Gasteiger partial charge in [0.1, 0.15) is 18.0 Å². The Morgan fingerprint density at radius 2 is 1.75 bits per heavy atom. The van der Waals surface area contributed by atoms with Crippen molar-refractivity contribution in [2.45, 2.75) is 51.4 Å². The summed E-state index contributed by atoms with van der Waals surface area (Å²) in [5, 5.41) is 0. The highest BCUT2D eigenvalue weighted by Gasteiger charge is 2.46. The number of likely N-dealkylation sites (N-methyl/N-ethyl adjacent to an activating group) is 1. The number of carbonyl (C=O) groups excluding carboxylic acids is 2. The van der Waals surface area contributed by atoms with Gasteiger partial charge in [-0.2, -0.15) is 13.2 Å². The fraction of sp³-hybridized carbons (Fsp3) is 0.636. The quantitative estimate of drug-likeness (QED) is 0.579. The first-order chi connectivity index (χ1) is 14.8. The number of ether oxygens (including phenoxy) is 3. The SMILES string of the molecule is CN(C)CCOc1ccc(C(=O)OC(C)(C)C)c(N(C(=O)C(F)(F)F)C2CCOCC2)c1. The third kappa shape index (κ3) is 7.37. The molecule has 1 aromatic carbocycles. The third-order valence-corrected chi connectivity index (χ3v) is 4.67. The number of halogens is 3. The molecular formula is C22H31F3N2O5. The fourth-order valence-electron chi connectivity index (χ4n) is 3.20. The molecule has 0 atom stereocenters. The molecule has 0 aliphatic carbocycles. The molecule has 0 spiro atoms. The van der Waals surface area contributed by atoms with Crippen LogP contribution in [0, 0.1) is 0 Å². The summed E-state index contributed by atoms with van der Waals surface area (Å²) in [5.41, 5.74) is -1.19. The summed E-state index contributed by atoms with van der Waals surface area (Å²) in [4.78, 5) is 27.9. The van der Waals surface area contributed by atoms with Gasteiger partial charge in [-0.3, -0.25) is 4.79 Å². The number of alkyl halides is 3. The van der Waals surface area contributed by atoms with Crippen molar-refractivity contribution in [2.75, 3.05) is 45.4 Å². The molecule has 7 nitrogen and oxygen atoms in total. The van der Waals surface area contributed by atoms with E-state index in [2.05, 4.69) is 0 Å². The monoisotopic (exact) mass is 460 g/mol. The Hall–Kier alpha value is -2.33. The fourth-order valence-corrected chi connectivity index (χ4v) is 3.20. The van der Waals surface area contributed by atoms with E-state index in [1.54, 1.807) is 20.8 Å². The van der Waals surface area contributed by atoms with Gasteiger partial charge in [0.25, 0.3) is 0 Å². The minimum absolute atomic E-state index is 0.135. The smallest absolute Gasteiger partial charge is 0.471 e. The molecule has 1 saturated heterocycles. The Morgan fingerprint density at radius 3 is 2.28 bits per heavy atom. The molecule has 1 heterocycles. The van der Waals surface area contributed by atoms with Gasteiger partial charge in [-0.1, -0.05) is 0 Å². The lowest BCUT2D eigenvalue weighted by molar-refractivity contribution is -0.171. The van der Waals surface area contributed by atoms with Crippen LogP contribution in [0.1, 0.15) is 44.0 Å².